The maximum Gasteiger partial charge on any atom is 0.261 e. The predicted molar refractivity (Wildman–Crippen MR) is 88.0 cm³/mol. The van der Waals surface area contributed by atoms with Crippen LogP contribution in [0, 0.1) is 0 Å². The van der Waals surface area contributed by atoms with Crippen molar-refractivity contribution in [3.63, 3.8) is 0 Å². The van der Waals surface area contributed by atoms with Crippen LogP contribution >= 0.6 is 0 Å². The van der Waals surface area contributed by atoms with Crippen molar-refractivity contribution in [1.82, 2.24) is 10.2 Å². The van der Waals surface area contributed by atoms with E-state index in [-0.39, 0.29) is 30.4 Å². The first-order chi connectivity index (χ1) is 11.6. The molecule has 2 aliphatic heterocycles. The number of nitrogens with zero attached hydrogens (tertiary/aromatic N) is 1. The lowest BCUT2D eigenvalue weighted by Crippen LogP contribution is -2.36. The third-order valence-corrected chi connectivity index (χ3v) is 4.46. The predicted octanol–water partition coefficient (Wildman–Crippen LogP) is 1.99. The third kappa shape index (κ3) is 3.19. The van der Waals surface area contributed by atoms with Crippen LogP contribution in [-0.2, 0) is 4.74 Å². The van der Waals surface area contributed by atoms with Crippen LogP contribution in [0.1, 0.15) is 63.7 Å². The largest absolute Gasteiger partial charge is 0.376 e. The van der Waals surface area contributed by atoms with Crippen LogP contribution < -0.4 is 5.32 Å². The molecule has 1 aromatic rings. The van der Waals surface area contributed by atoms with Crippen molar-refractivity contribution < 1.29 is 19.1 Å². The Morgan fingerprint density at radius 2 is 2.08 bits per heavy atom. The van der Waals surface area contributed by atoms with Gasteiger partial charge in [0.2, 0.25) is 0 Å². The number of rotatable bonds is 6. The summed E-state index contributed by atoms with van der Waals surface area (Å²) in [6, 6.07) is 4.69. The molecule has 0 aliphatic carbocycles. The van der Waals surface area contributed by atoms with Crippen molar-refractivity contribution in [3.8, 4) is 0 Å². The normalized spacial score (nSPS) is 19.7. The number of hydrogen-bond donors (Lipinski definition) is 1. The molecule has 0 bridgehead atoms. The molecule has 3 rings (SSSR count). The number of nitrogens with one attached hydrogen (secondary N) is 1. The molecule has 0 radical (unpaired) electrons. The minimum absolute atomic E-state index is 0.0796. The molecule has 24 heavy (non-hydrogen) atoms. The Labute approximate surface area is 141 Å². The van der Waals surface area contributed by atoms with E-state index in [2.05, 4.69) is 12.2 Å². The molecular formula is C18H22N2O4. The summed E-state index contributed by atoms with van der Waals surface area (Å²) in [5.74, 6) is -0.860. The fourth-order valence-electron chi connectivity index (χ4n) is 3.07. The van der Waals surface area contributed by atoms with E-state index in [4.69, 9.17) is 4.74 Å². The molecule has 1 aromatic carbocycles. The summed E-state index contributed by atoms with van der Waals surface area (Å²) in [5.41, 5.74) is 1.08. The first-order valence-corrected chi connectivity index (χ1v) is 8.52. The van der Waals surface area contributed by atoms with Crippen molar-refractivity contribution >= 4 is 17.7 Å². The van der Waals surface area contributed by atoms with Gasteiger partial charge in [-0.1, -0.05) is 13.3 Å². The van der Waals surface area contributed by atoms with E-state index < -0.39 is 0 Å². The third-order valence-electron chi connectivity index (χ3n) is 4.46. The first-order valence-electron chi connectivity index (χ1n) is 8.52. The molecule has 1 N–H and O–H groups in total. The van der Waals surface area contributed by atoms with Crippen LogP contribution in [-0.4, -0.2) is 48.4 Å². The summed E-state index contributed by atoms with van der Waals surface area (Å²) in [4.78, 5) is 38.3. The highest BCUT2D eigenvalue weighted by Gasteiger charge is 2.37. The van der Waals surface area contributed by atoms with Gasteiger partial charge in [-0.2, -0.15) is 0 Å². The molecule has 1 atom stereocenters. The van der Waals surface area contributed by atoms with Crippen molar-refractivity contribution in [1.29, 1.82) is 0 Å². The van der Waals surface area contributed by atoms with E-state index in [0.29, 0.717) is 29.8 Å². The summed E-state index contributed by atoms with van der Waals surface area (Å²) in [5, 5.41) is 2.82. The molecule has 0 saturated carbocycles. The van der Waals surface area contributed by atoms with E-state index in [1.165, 1.54) is 11.0 Å². The van der Waals surface area contributed by atoms with Crippen LogP contribution in [0.2, 0.25) is 0 Å². The first kappa shape index (κ1) is 16.6. The molecule has 0 spiro atoms. The Morgan fingerprint density at radius 1 is 1.29 bits per heavy atom. The average molecular weight is 330 g/mol. The van der Waals surface area contributed by atoms with Gasteiger partial charge in [0.1, 0.15) is 0 Å². The van der Waals surface area contributed by atoms with E-state index in [1.54, 1.807) is 12.1 Å². The lowest BCUT2D eigenvalue weighted by atomic mass is 10.1. The van der Waals surface area contributed by atoms with E-state index >= 15 is 0 Å². The Hall–Kier alpha value is -2.21. The average Bonchev–Trinajstić information content (AvgIpc) is 3.18. The second kappa shape index (κ2) is 7.13. The molecule has 1 unspecified atom stereocenters. The Balaban J connectivity index is 1.74. The monoisotopic (exact) mass is 330 g/mol. The number of ether oxygens (including phenoxy) is 1. The molecule has 3 amide bonds. The van der Waals surface area contributed by atoms with Crippen LogP contribution in [0.25, 0.3) is 0 Å². The summed E-state index contributed by atoms with van der Waals surface area (Å²) >= 11 is 0. The van der Waals surface area contributed by atoms with Gasteiger partial charge in [0, 0.05) is 18.7 Å². The number of carbonyl (C=O) groups excluding carboxylic acids is 3. The van der Waals surface area contributed by atoms with Crippen LogP contribution in [0.3, 0.4) is 0 Å². The molecule has 1 fully saturated rings. The minimum atomic E-state index is -0.339. The van der Waals surface area contributed by atoms with E-state index in [0.717, 1.165) is 25.7 Å². The molecule has 1 saturated heterocycles. The van der Waals surface area contributed by atoms with Gasteiger partial charge in [0.05, 0.1) is 23.8 Å². The maximum absolute atomic E-state index is 12.5. The lowest BCUT2D eigenvalue weighted by Gasteiger charge is -2.17. The molecule has 2 aliphatic rings. The van der Waals surface area contributed by atoms with Crippen molar-refractivity contribution in [2.75, 3.05) is 19.7 Å². The number of fused-ring (bicyclic) bond motifs is 1. The van der Waals surface area contributed by atoms with E-state index in [9.17, 15) is 14.4 Å². The van der Waals surface area contributed by atoms with Gasteiger partial charge in [0.25, 0.3) is 17.7 Å². The molecule has 6 heteroatoms. The molecule has 128 valence electrons. The SMILES string of the molecule is CCCCNC(=O)c1ccc2c(c1)C(=O)N(CC1CCCO1)C2=O. The van der Waals surface area contributed by atoms with Gasteiger partial charge in [0.15, 0.2) is 0 Å². The Kier molecular flexibility index (Phi) is 4.94. The Bertz CT molecular complexity index is 665. The fraction of sp³-hybridized carbons (Fsp3) is 0.500. The van der Waals surface area contributed by atoms with Gasteiger partial charge in [-0.05, 0) is 37.5 Å². The van der Waals surface area contributed by atoms with Gasteiger partial charge < -0.3 is 10.1 Å². The van der Waals surface area contributed by atoms with E-state index in [1.807, 2.05) is 0 Å². The smallest absolute Gasteiger partial charge is 0.261 e. The quantitative estimate of drug-likeness (QED) is 0.639. The maximum atomic E-state index is 12.5. The number of unbranched alkanes of at least 4 members (excludes halogenated alkanes) is 1. The Morgan fingerprint density at radius 3 is 2.79 bits per heavy atom. The zero-order chi connectivity index (χ0) is 17.1. The van der Waals surface area contributed by atoms with Crippen LogP contribution in [0.4, 0.5) is 0 Å². The van der Waals surface area contributed by atoms with Crippen LogP contribution in [0.15, 0.2) is 18.2 Å². The molecule has 2 heterocycles. The number of benzene rings is 1. The highest BCUT2D eigenvalue weighted by Crippen LogP contribution is 2.26. The fourth-order valence-corrected chi connectivity index (χ4v) is 3.07. The standard InChI is InChI=1S/C18H22N2O4/c1-2-3-8-19-16(21)12-6-7-14-15(10-12)18(23)20(17(14)22)11-13-5-4-9-24-13/h6-7,10,13H,2-5,8-9,11H2,1H3,(H,19,21). The van der Waals surface area contributed by atoms with Crippen molar-refractivity contribution in [2.45, 2.75) is 38.7 Å². The molecular weight excluding hydrogens is 308 g/mol. The number of imide groups is 1. The second-order valence-corrected chi connectivity index (χ2v) is 6.23. The highest BCUT2D eigenvalue weighted by atomic mass is 16.5. The number of carbonyl (C=O) groups is 3. The van der Waals surface area contributed by atoms with Gasteiger partial charge >= 0.3 is 0 Å². The summed E-state index contributed by atoms with van der Waals surface area (Å²) in [7, 11) is 0. The van der Waals surface area contributed by atoms with Gasteiger partial charge in [-0.3, -0.25) is 19.3 Å². The molecule has 0 aromatic heterocycles. The summed E-state index contributed by atoms with van der Waals surface area (Å²) in [6.45, 7) is 3.61. The van der Waals surface area contributed by atoms with Gasteiger partial charge in [-0.25, -0.2) is 0 Å². The second-order valence-electron chi connectivity index (χ2n) is 6.23. The zero-order valence-corrected chi connectivity index (χ0v) is 13.8. The van der Waals surface area contributed by atoms with Crippen molar-refractivity contribution in [3.05, 3.63) is 34.9 Å². The summed E-state index contributed by atoms with van der Waals surface area (Å²) in [6.07, 6.45) is 3.64. The lowest BCUT2D eigenvalue weighted by molar-refractivity contribution is 0.0475. The number of hydrogen-bond acceptors (Lipinski definition) is 4. The molecule has 6 nitrogen and oxygen atoms in total. The van der Waals surface area contributed by atoms with Gasteiger partial charge in [-0.15, -0.1) is 0 Å². The topological polar surface area (TPSA) is 75.7 Å². The highest BCUT2D eigenvalue weighted by molar-refractivity contribution is 6.22. The van der Waals surface area contributed by atoms with Crippen LogP contribution in [0.5, 0.6) is 0 Å². The van der Waals surface area contributed by atoms with Crippen molar-refractivity contribution in [2.24, 2.45) is 0 Å². The minimum Gasteiger partial charge on any atom is -0.376 e. The summed E-state index contributed by atoms with van der Waals surface area (Å²) < 4.78 is 5.52. The zero-order valence-electron chi connectivity index (χ0n) is 13.8. The number of amides is 3.